The van der Waals surface area contributed by atoms with Crippen molar-refractivity contribution in [1.29, 1.82) is 0 Å². The molecule has 178 valence electrons. The van der Waals surface area contributed by atoms with Gasteiger partial charge < -0.3 is 15.0 Å². The lowest BCUT2D eigenvalue weighted by Gasteiger charge is -2.28. The van der Waals surface area contributed by atoms with Crippen molar-refractivity contribution >= 4 is 28.8 Å². The minimum Gasteiger partial charge on any atom is -0.497 e. The molecule has 1 N–H and O–H groups in total. The number of amides is 2. The van der Waals surface area contributed by atoms with Gasteiger partial charge in [-0.3, -0.25) is 19.5 Å². The van der Waals surface area contributed by atoms with Crippen LogP contribution in [0.15, 0.2) is 78.6 Å². The van der Waals surface area contributed by atoms with Crippen LogP contribution in [0.1, 0.15) is 30.5 Å². The first-order valence-electron chi connectivity index (χ1n) is 11.9. The van der Waals surface area contributed by atoms with Crippen molar-refractivity contribution in [2.24, 2.45) is 0 Å². The lowest BCUT2D eigenvalue weighted by Crippen LogP contribution is -2.32. The van der Waals surface area contributed by atoms with E-state index in [0.717, 1.165) is 18.8 Å². The van der Waals surface area contributed by atoms with E-state index in [4.69, 9.17) is 4.74 Å². The number of piperidine rings is 1. The second-order valence-electron chi connectivity index (χ2n) is 8.72. The summed E-state index contributed by atoms with van der Waals surface area (Å²) in [5.41, 5.74) is 3.84. The molecule has 0 radical (unpaired) electrons. The number of hydrogen-bond acceptors (Lipinski definition) is 6. The average molecular weight is 469 g/mol. The number of imide groups is 1. The van der Waals surface area contributed by atoms with E-state index in [2.05, 4.69) is 27.3 Å². The van der Waals surface area contributed by atoms with E-state index < -0.39 is 0 Å². The zero-order chi connectivity index (χ0) is 24.2. The molecule has 2 aromatic carbocycles. The lowest BCUT2D eigenvalue weighted by atomic mass is 10.0. The summed E-state index contributed by atoms with van der Waals surface area (Å²) in [5, 5.41) is 3.24. The molecule has 1 fully saturated rings. The van der Waals surface area contributed by atoms with Gasteiger partial charge in [-0.2, -0.15) is 0 Å². The standard InChI is InChI=1S/C28H28N4O3/c1-35-24-14-8-20(9-15-24)25-26(28(34)32(27(25)33)19-22-7-3-4-16-29-22)30-21-10-12-23(13-11-21)31-17-5-2-6-18-31/h3-4,7-16,30H,2,5-6,17-19H2,1H3. The van der Waals surface area contributed by atoms with Crippen molar-refractivity contribution in [2.75, 3.05) is 30.4 Å². The Labute approximate surface area is 205 Å². The highest BCUT2D eigenvalue weighted by Crippen LogP contribution is 2.32. The van der Waals surface area contributed by atoms with Crippen molar-refractivity contribution in [3.05, 3.63) is 89.9 Å². The molecule has 7 nitrogen and oxygen atoms in total. The molecule has 0 bridgehead atoms. The Morgan fingerprint density at radius 3 is 2.29 bits per heavy atom. The molecule has 0 aliphatic carbocycles. The highest BCUT2D eigenvalue weighted by molar-refractivity contribution is 6.36. The fourth-order valence-electron chi connectivity index (χ4n) is 4.57. The summed E-state index contributed by atoms with van der Waals surface area (Å²) in [4.78, 5) is 34.9. The molecule has 0 atom stereocenters. The Bertz CT molecular complexity index is 1230. The molecule has 35 heavy (non-hydrogen) atoms. The number of benzene rings is 2. The SMILES string of the molecule is COc1ccc(C2=C(Nc3ccc(N4CCCCC4)cc3)C(=O)N(Cc3ccccn3)C2=O)cc1. The first-order valence-corrected chi connectivity index (χ1v) is 11.9. The van der Waals surface area contributed by atoms with E-state index in [9.17, 15) is 9.59 Å². The Balaban J connectivity index is 1.45. The molecule has 2 aliphatic heterocycles. The second-order valence-corrected chi connectivity index (χ2v) is 8.72. The number of ether oxygens (including phenoxy) is 1. The van der Waals surface area contributed by atoms with Gasteiger partial charge in [0.15, 0.2) is 0 Å². The maximum atomic E-state index is 13.5. The topological polar surface area (TPSA) is 74.8 Å². The van der Waals surface area contributed by atoms with Gasteiger partial charge >= 0.3 is 0 Å². The highest BCUT2D eigenvalue weighted by atomic mass is 16.5. The van der Waals surface area contributed by atoms with Crippen LogP contribution in [0, 0.1) is 0 Å². The predicted octanol–water partition coefficient (Wildman–Crippen LogP) is 4.47. The van der Waals surface area contributed by atoms with Crippen LogP contribution in [-0.2, 0) is 16.1 Å². The van der Waals surface area contributed by atoms with Gasteiger partial charge in [-0.05, 0) is 73.4 Å². The van der Waals surface area contributed by atoms with Crippen LogP contribution in [0.2, 0.25) is 0 Å². The van der Waals surface area contributed by atoms with E-state index >= 15 is 0 Å². The molecule has 2 amide bonds. The Morgan fingerprint density at radius 2 is 1.63 bits per heavy atom. The summed E-state index contributed by atoms with van der Waals surface area (Å²) in [6.07, 6.45) is 5.35. The van der Waals surface area contributed by atoms with Gasteiger partial charge in [0.25, 0.3) is 11.8 Å². The lowest BCUT2D eigenvalue weighted by molar-refractivity contribution is -0.137. The van der Waals surface area contributed by atoms with Crippen LogP contribution < -0.4 is 15.0 Å². The number of carbonyl (C=O) groups is 2. The largest absolute Gasteiger partial charge is 0.497 e. The van der Waals surface area contributed by atoms with Gasteiger partial charge in [0.1, 0.15) is 11.4 Å². The fourth-order valence-corrected chi connectivity index (χ4v) is 4.57. The van der Waals surface area contributed by atoms with E-state index in [1.54, 1.807) is 49.7 Å². The van der Waals surface area contributed by atoms with Gasteiger partial charge in [-0.15, -0.1) is 0 Å². The first kappa shape index (κ1) is 22.7. The van der Waals surface area contributed by atoms with Crippen LogP contribution >= 0.6 is 0 Å². The summed E-state index contributed by atoms with van der Waals surface area (Å²) < 4.78 is 5.26. The summed E-state index contributed by atoms with van der Waals surface area (Å²) in [7, 11) is 1.59. The number of nitrogens with one attached hydrogen (secondary N) is 1. The third-order valence-electron chi connectivity index (χ3n) is 6.45. The summed E-state index contributed by atoms with van der Waals surface area (Å²) in [6, 6.07) is 20.7. The first-order chi connectivity index (χ1) is 17.1. The molecular formula is C28H28N4O3. The van der Waals surface area contributed by atoms with Gasteiger partial charge in [0.05, 0.1) is 24.9 Å². The predicted molar refractivity (Wildman–Crippen MR) is 136 cm³/mol. The number of hydrogen-bond donors (Lipinski definition) is 1. The number of methoxy groups -OCH3 is 1. The van der Waals surface area contributed by atoms with Crippen LogP contribution in [0.25, 0.3) is 5.57 Å². The fraction of sp³-hybridized carbons (Fsp3) is 0.250. The van der Waals surface area contributed by atoms with Crippen molar-refractivity contribution in [1.82, 2.24) is 9.88 Å². The van der Waals surface area contributed by atoms with Gasteiger partial charge in [-0.1, -0.05) is 18.2 Å². The Kier molecular flexibility index (Phi) is 6.48. The number of rotatable bonds is 7. The van der Waals surface area contributed by atoms with E-state index in [1.807, 2.05) is 18.2 Å². The van der Waals surface area contributed by atoms with Crippen molar-refractivity contribution in [2.45, 2.75) is 25.8 Å². The molecule has 0 unspecified atom stereocenters. The van der Waals surface area contributed by atoms with E-state index in [0.29, 0.717) is 22.6 Å². The zero-order valence-electron chi connectivity index (χ0n) is 19.7. The molecule has 0 spiro atoms. The maximum Gasteiger partial charge on any atom is 0.278 e. The van der Waals surface area contributed by atoms with Crippen molar-refractivity contribution in [3.63, 3.8) is 0 Å². The average Bonchev–Trinajstić information content (AvgIpc) is 3.14. The minimum absolute atomic E-state index is 0.108. The third kappa shape index (κ3) is 4.75. The molecule has 0 saturated carbocycles. The molecule has 2 aliphatic rings. The van der Waals surface area contributed by atoms with Crippen LogP contribution in [0.4, 0.5) is 11.4 Å². The third-order valence-corrected chi connectivity index (χ3v) is 6.45. The number of pyridine rings is 1. The Morgan fingerprint density at radius 1 is 0.886 bits per heavy atom. The summed E-state index contributed by atoms with van der Waals surface area (Å²) in [5.74, 6) is -0.0379. The van der Waals surface area contributed by atoms with Crippen molar-refractivity contribution in [3.8, 4) is 5.75 Å². The van der Waals surface area contributed by atoms with Crippen LogP contribution in [0.5, 0.6) is 5.75 Å². The van der Waals surface area contributed by atoms with Crippen LogP contribution in [-0.4, -0.2) is 41.9 Å². The van der Waals surface area contributed by atoms with Gasteiger partial charge in [0.2, 0.25) is 0 Å². The van der Waals surface area contributed by atoms with Gasteiger partial charge in [-0.25, -0.2) is 0 Å². The molecule has 3 aromatic rings. The van der Waals surface area contributed by atoms with Gasteiger partial charge in [0, 0.05) is 30.7 Å². The number of nitrogens with zero attached hydrogens (tertiary/aromatic N) is 3. The normalized spacial score (nSPS) is 16.1. The number of aromatic nitrogens is 1. The second kappa shape index (κ2) is 10.0. The summed E-state index contributed by atoms with van der Waals surface area (Å²) in [6.45, 7) is 2.24. The Hall–Kier alpha value is -4.13. The molecule has 1 saturated heterocycles. The van der Waals surface area contributed by atoms with Crippen LogP contribution in [0.3, 0.4) is 0 Å². The maximum absolute atomic E-state index is 13.5. The number of anilines is 2. The highest BCUT2D eigenvalue weighted by Gasteiger charge is 2.39. The van der Waals surface area contributed by atoms with E-state index in [-0.39, 0.29) is 24.1 Å². The van der Waals surface area contributed by atoms with E-state index in [1.165, 1.54) is 29.8 Å². The smallest absolute Gasteiger partial charge is 0.278 e. The molecule has 5 rings (SSSR count). The molecule has 3 heterocycles. The molecule has 1 aromatic heterocycles. The zero-order valence-corrected chi connectivity index (χ0v) is 19.7. The summed E-state index contributed by atoms with van der Waals surface area (Å²) >= 11 is 0. The molecular weight excluding hydrogens is 440 g/mol. The minimum atomic E-state index is -0.369. The molecule has 7 heteroatoms. The van der Waals surface area contributed by atoms with Crippen molar-refractivity contribution < 1.29 is 14.3 Å². The number of carbonyl (C=O) groups excluding carboxylic acids is 2. The monoisotopic (exact) mass is 468 g/mol. The quantitative estimate of drug-likeness (QED) is 0.516.